The average molecular weight is 345 g/mol. The largest absolute Gasteiger partial charge is 0.384 e. The van der Waals surface area contributed by atoms with Crippen molar-refractivity contribution in [2.24, 2.45) is 5.92 Å². The predicted molar refractivity (Wildman–Crippen MR) is 99.4 cm³/mol. The molecule has 2 aliphatic rings. The Hall–Kier alpha value is -1.59. The number of nitrogens with one attached hydrogen (secondary N) is 2. The Morgan fingerprint density at radius 1 is 1.24 bits per heavy atom. The molecule has 0 radical (unpaired) electrons. The van der Waals surface area contributed by atoms with Gasteiger partial charge in [0.05, 0.1) is 6.54 Å². The molecule has 0 spiro atoms. The van der Waals surface area contributed by atoms with Gasteiger partial charge in [-0.2, -0.15) is 0 Å². The summed E-state index contributed by atoms with van der Waals surface area (Å²) in [5.41, 5.74) is -0.262. The molecule has 5 nitrogen and oxygen atoms in total. The number of nitrogens with zero attached hydrogens (tertiary/aromatic N) is 1. The molecule has 3 rings (SSSR count). The molecule has 2 fully saturated rings. The standard InChI is InChI=1S/C20H31N3O2/c1-20(25,17-9-3-2-4-10-17)15-21-19(24)22-18-11-12-23(14-18)13-16-7-5-6-8-16/h2-4,9-10,16,18,25H,5-8,11-15H2,1H3,(H2,21,22,24). The molecule has 1 aliphatic carbocycles. The summed E-state index contributed by atoms with van der Waals surface area (Å²) in [6.45, 7) is 5.12. The third kappa shape index (κ3) is 5.19. The SMILES string of the molecule is CC(O)(CNC(=O)NC1CCN(CC2CCCC2)C1)c1ccccc1. The Kier molecular flexibility index (Phi) is 5.97. The highest BCUT2D eigenvalue weighted by molar-refractivity contribution is 5.74. The van der Waals surface area contributed by atoms with E-state index in [9.17, 15) is 9.90 Å². The van der Waals surface area contributed by atoms with Crippen molar-refractivity contribution in [2.75, 3.05) is 26.2 Å². The van der Waals surface area contributed by atoms with Gasteiger partial charge in [-0.05, 0) is 37.7 Å². The van der Waals surface area contributed by atoms with Gasteiger partial charge in [0, 0.05) is 25.7 Å². The number of likely N-dealkylation sites (tertiary alicyclic amines) is 1. The van der Waals surface area contributed by atoms with Crippen molar-refractivity contribution in [2.45, 2.75) is 50.7 Å². The van der Waals surface area contributed by atoms with Crippen molar-refractivity contribution in [3.63, 3.8) is 0 Å². The van der Waals surface area contributed by atoms with Gasteiger partial charge in [0.15, 0.2) is 0 Å². The fourth-order valence-electron chi connectivity index (χ4n) is 4.06. The molecule has 2 atom stereocenters. The van der Waals surface area contributed by atoms with E-state index in [1.165, 1.54) is 32.2 Å². The lowest BCUT2D eigenvalue weighted by atomic mass is 9.96. The molecule has 1 saturated heterocycles. The predicted octanol–water partition coefficient (Wildman–Crippen LogP) is 2.46. The van der Waals surface area contributed by atoms with Crippen LogP contribution in [0.3, 0.4) is 0 Å². The molecule has 1 aromatic rings. The van der Waals surface area contributed by atoms with Gasteiger partial charge >= 0.3 is 6.03 Å². The van der Waals surface area contributed by atoms with Gasteiger partial charge in [-0.1, -0.05) is 43.2 Å². The van der Waals surface area contributed by atoms with Crippen molar-refractivity contribution in [1.82, 2.24) is 15.5 Å². The van der Waals surface area contributed by atoms with Crippen molar-refractivity contribution >= 4 is 6.03 Å². The minimum absolute atomic E-state index is 0.191. The third-order valence-corrected chi connectivity index (χ3v) is 5.59. The van der Waals surface area contributed by atoms with Gasteiger partial charge in [-0.3, -0.25) is 0 Å². The number of amides is 2. The lowest BCUT2D eigenvalue weighted by Gasteiger charge is -2.25. The summed E-state index contributed by atoms with van der Waals surface area (Å²) in [6.07, 6.45) is 6.50. The molecule has 1 saturated carbocycles. The molecule has 2 unspecified atom stereocenters. The number of rotatable bonds is 6. The van der Waals surface area contributed by atoms with Gasteiger partial charge < -0.3 is 20.6 Å². The van der Waals surface area contributed by atoms with E-state index in [1.807, 2.05) is 30.3 Å². The van der Waals surface area contributed by atoms with E-state index in [2.05, 4.69) is 15.5 Å². The molecule has 0 bridgehead atoms. The van der Waals surface area contributed by atoms with Gasteiger partial charge in [0.1, 0.15) is 5.60 Å². The minimum Gasteiger partial charge on any atom is -0.384 e. The molecule has 5 heteroatoms. The molecule has 1 heterocycles. The van der Waals surface area contributed by atoms with Crippen LogP contribution in [-0.2, 0) is 5.60 Å². The molecule has 138 valence electrons. The van der Waals surface area contributed by atoms with Crippen LogP contribution in [0.25, 0.3) is 0 Å². The summed E-state index contributed by atoms with van der Waals surface area (Å²) in [5.74, 6) is 0.855. The van der Waals surface area contributed by atoms with Crippen molar-refractivity contribution in [3.05, 3.63) is 35.9 Å². The first-order chi connectivity index (χ1) is 12.0. The Morgan fingerprint density at radius 2 is 1.96 bits per heavy atom. The summed E-state index contributed by atoms with van der Waals surface area (Å²) in [5, 5.41) is 16.4. The smallest absolute Gasteiger partial charge is 0.315 e. The van der Waals surface area contributed by atoms with E-state index in [1.54, 1.807) is 6.92 Å². The van der Waals surface area contributed by atoms with E-state index < -0.39 is 5.60 Å². The van der Waals surface area contributed by atoms with Gasteiger partial charge in [-0.15, -0.1) is 0 Å². The lowest BCUT2D eigenvalue weighted by Crippen LogP contribution is -2.47. The van der Waals surface area contributed by atoms with Crippen molar-refractivity contribution in [1.29, 1.82) is 0 Å². The van der Waals surface area contributed by atoms with Crippen LogP contribution in [0.15, 0.2) is 30.3 Å². The Balaban J connectivity index is 1.39. The molecule has 2 amide bonds. The Bertz CT molecular complexity index is 555. The summed E-state index contributed by atoms with van der Waals surface area (Å²) in [7, 11) is 0. The Labute approximate surface area is 150 Å². The average Bonchev–Trinajstić information content (AvgIpc) is 3.27. The molecule has 0 aromatic heterocycles. The number of aliphatic hydroxyl groups is 1. The van der Waals surface area contributed by atoms with E-state index in [-0.39, 0.29) is 18.6 Å². The quantitative estimate of drug-likeness (QED) is 0.742. The van der Waals surface area contributed by atoms with Gasteiger partial charge in [0.25, 0.3) is 0 Å². The van der Waals surface area contributed by atoms with Crippen molar-refractivity contribution < 1.29 is 9.90 Å². The van der Waals surface area contributed by atoms with Crippen LogP contribution in [0, 0.1) is 5.92 Å². The van der Waals surface area contributed by atoms with E-state index in [0.29, 0.717) is 0 Å². The fourth-order valence-corrected chi connectivity index (χ4v) is 4.06. The number of hydrogen-bond donors (Lipinski definition) is 3. The van der Waals surface area contributed by atoms with Crippen LogP contribution in [0.2, 0.25) is 0 Å². The zero-order valence-corrected chi connectivity index (χ0v) is 15.2. The maximum absolute atomic E-state index is 12.2. The zero-order valence-electron chi connectivity index (χ0n) is 15.2. The highest BCUT2D eigenvalue weighted by Crippen LogP contribution is 2.26. The third-order valence-electron chi connectivity index (χ3n) is 5.59. The number of carbonyl (C=O) groups excluding carboxylic acids is 1. The first kappa shape index (κ1) is 18.2. The molecule has 3 N–H and O–H groups in total. The van der Waals surface area contributed by atoms with Gasteiger partial charge in [-0.25, -0.2) is 4.79 Å². The molecule has 1 aliphatic heterocycles. The summed E-state index contributed by atoms with van der Waals surface area (Å²) >= 11 is 0. The summed E-state index contributed by atoms with van der Waals surface area (Å²) in [6, 6.07) is 9.46. The van der Waals surface area contributed by atoms with Crippen LogP contribution in [-0.4, -0.2) is 48.3 Å². The second kappa shape index (κ2) is 8.19. The van der Waals surface area contributed by atoms with Crippen LogP contribution < -0.4 is 10.6 Å². The van der Waals surface area contributed by atoms with Crippen LogP contribution in [0.5, 0.6) is 0 Å². The highest BCUT2D eigenvalue weighted by atomic mass is 16.3. The van der Waals surface area contributed by atoms with E-state index in [0.717, 1.165) is 31.0 Å². The second-order valence-corrected chi connectivity index (χ2v) is 7.86. The first-order valence-corrected chi connectivity index (χ1v) is 9.57. The molecular weight excluding hydrogens is 314 g/mol. The monoisotopic (exact) mass is 345 g/mol. The number of benzene rings is 1. The second-order valence-electron chi connectivity index (χ2n) is 7.86. The maximum atomic E-state index is 12.2. The Morgan fingerprint density at radius 3 is 2.68 bits per heavy atom. The van der Waals surface area contributed by atoms with Crippen LogP contribution in [0.1, 0.15) is 44.6 Å². The fraction of sp³-hybridized carbons (Fsp3) is 0.650. The van der Waals surface area contributed by atoms with E-state index in [4.69, 9.17) is 0 Å². The van der Waals surface area contributed by atoms with Crippen LogP contribution >= 0.6 is 0 Å². The number of carbonyl (C=O) groups is 1. The van der Waals surface area contributed by atoms with E-state index >= 15 is 0 Å². The maximum Gasteiger partial charge on any atom is 0.315 e. The summed E-state index contributed by atoms with van der Waals surface area (Å²) < 4.78 is 0. The number of hydrogen-bond acceptors (Lipinski definition) is 3. The summed E-state index contributed by atoms with van der Waals surface area (Å²) in [4.78, 5) is 14.7. The van der Waals surface area contributed by atoms with Gasteiger partial charge in [0.2, 0.25) is 0 Å². The number of urea groups is 1. The van der Waals surface area contributed by atoms with Crippen LogP contribution in [0.4, 0.5) is 4.79 Å². The molecule has 1 aromatic carbocycles. The minimum atomic E-state index is -1.07. The van der Waals surface area contributed by atoms with Crippen molar-refractivity contribution in [3.8, 4) is 0 Å². The normalized spacial score (nSPS) is 24.2. The highest BCUT2D eigenvalue weighted by Gasteiger charge is 2.28. The topological polar surface area (TPSA) is 64.6 Å². The zero-order chi connectivity index (χ0) is 17.7. The first-order valence-electron chi connectivity index (χ1n) is 9.57. The molecular formula is C20H31N3O2. The molecule has 25 heavy (non-hydrogen) atoms. The lowest BCUT2D eigenvalue weighted by molar-refractivity contribution is 0.0592.